The molecule has 0 atom stereocenters. The van der Waals surface area contributed by atoms with Gasteiger partial charge in [-0.15, -0.1) is 0 Å². The molecule has 6 heteroatoms. The van der Waals surface area contributed by atoms with Gasteiger partial charge in [0.15, 0.2) is 0 Å². The second-order valence-corrected chi connectivity index (χ2v) is 6.90. The van der Waals surface area contributed by atoms with E-state index in [-0.39, 0.29) is 11.4 Å². The molecule has 146 valence electrons. The van der Waals surface area contributed by atoms with E-state index in [0.717, 1.165) is 40.9 Å². The highest BCUT2D eigenvalue weighted by atomic mass is 16.3. The van der Waals surface area contributed by atoms with E-state index in [0.29, 0.717) is 6.54 Å². The number of aromatic amines is 1. The van der Waals surface area contributed by atoms with Crippen LogP contribution in [0.15, 0.2) is 69.2 Å². The number of nitrogens with zero attached hydrogens (tertiary/aromatic N) is 2. The highest BCUT2D eigenvalue weighted by Crippen LogP contribution is 2.38. The second kappa shape index (κ2) is 7.75. The fourth-order valence-corrected chi connectivity index (χ4v) is 3.44. The maximum absolute atomic E-state index is 12.5. The van der Waals surface area contributed by atoms with Crippen LogP contribution in [0.3, 0.4) is 0 Å². The number of hydrogen-bond acceptors (Lipinski definition) is 4. The molecular formula is C23H21N3O3. The molecule has 2 aromatic carbocycles. The van der Waals surface area contributed by atoms with Gasteiger partial charge in [-0.25, -0.2) is 9.79 Å². The molecule has 1 aliphatic heterocycles. The zero-order chi connectivity index (χ0) is 20.4. The molecule has 0 unspecified atom stereocenters. The van der Waals surface area contributed by atoms with Crippen LogP contribution in [0.5, 0.6) is 5.88 Å². The zero-order valence-electron chi connectivity index (χ0n) is 16.1. The predicted molar refractivity (Wildman–Crippen MR) is 115 cm³/mol. The number of H-pyrrole nitrogens is 1. The largest absolute Gasteiger partial charge is 0.494 e. The van der Waals surface area contributed by atoms with Crippen LogP contribution in [0.25, 0.3) is 11.6 Å². The number of unbranched alkanes of at least 4 members (excludes halogenated alkanes) is 1. The number of rotatable bonds is 5. The quantitative estimate of drug-likeness (QED) is 0.699. The first-order valence-electron chi connectivity index (χ1n) is 9.62. The Labute approximate surface area is 167 Å². The van der Waals surface area contributed by atoms with Gasteiger partial charge >= 0.3 is 5.69 Å². The number of para-hydroxylation sites is 1. The topological polar surface area (TPSA) is 87.4 Å². The number of aromatic hydroxyl groups is 1. The molecular weight excluding hydrogens is 366 g/mol. The first-order valence-corrected chi connectivity index (χ1v) is 9.62. The molecule has 29 heavy (non-hydrogen) atoms. The first kappa shape index (κ1) is 18.7. The lowest BCUT2D eigenvalue weighted by Gasteiger charge is -2.11. The van der Waals surface area contributed by atoms with Gasteiger partial charge in [0.2, 0.25) is 5.88 Å². The van der Waals surface area contributed by atoms with Crippen LogP contribution in [0.4, 0.5) is 5.69 Å². The monoisotopic (exact) mass is 387 g/mol. The number of nitrogens with one attached hydrogen (secondary N) is 1. The third-order valence-corrected chi connectivity index (χ3v) is 4.96. The summed E-state index contributed by atoms with van der Waals surface area (Å²) in [5.41, 5.74) is 2.85. The molecule has 0 fully saturated rings. The van der Waals surface area contributed by atoms with E-state index in [1.807, 2.05) is 61.5 Å². The summed E-state index contributed by atoms with van der Waals surface area (Å²) in [6.07, 6.45) is 3.20. The van der Waals surface area contributed by atoms with Crippen molar-refractivity contribution in [2.24, 2.45) is 4.99 Å². The molecule has 0 spiro atoms. The minimum atomic E-state index is -0.621. The van der Waals surface area contributed by atoms with Crippen molar-refractivity contribution in [2.75, 3.05) is 0 Å². The van der Waals surface area contributed by atoms with Crippen molar-refractivity contribution in [2.45, 2.75) is 26.3 Å². The standard InChI is InChI=1S/C23H21N3O3/c1-2-3-13-26-22(28)18(21(27)25-23(26)29)14-17-16-11-7-8-12-19(16)24-20(17)15-9-5-4-6-10-15/h4-12,14,28H,2-3,13H2,1H3,(H,25,27,29)/b17-14-. The molecule has 0 saturated carbocycles. The predicted octanol–water partition coefficient (Wildman–Crippen LogP) is 3.72. The van der Waals surface area contributed by atoms with Gasteiger partial charge in [0.25, 0.3) is 5.56 Å². The Balaban J connectivity index is 1.92. The summed E-state index contributed by atoms with van der Waals surface area (Å²) in [5.74, 6) is -0.323. The summed E-state index contributed by atoms with van der Waals surface area (Å²) in [7, 11) is 0. The van der Waals surface area contributed by atoms with Crippen molar-refractivity contribution in [1.82, 2.24) is 9.55 Å². The molecule has 0 amide bonds. The zero-order valence-corrected chi connectivity index (χ0v) is 16.1. The van der Waals surface area contributed by atoms with E-state index >= 15 is 0 Å². The summed E-state index contributed by atoms with van der Waals surface area (Å²) < 4.78 is 1.21. The Bertz CT molecular complexity index is 1230. The van der Waals surface area contributed by atoms with Crippen LogP contribution in [-0.4, -0.2) is 20.4 Å². The molecule has 0 bridgehead atoms. The number of aliphatic imine (C=N–C) groups is 1. The summed E-state index contributed by atoms with van der Waals surface area (Å²) in [5, 5.41) is 10.7. The molecule has 3 aromatic rings. The molecule has 4 rings (SSSR count). The van der Waals surface area contributed by atoms with Crippen molar-refractivity contribution in [3.05, 3.63) is 92.1 Å². The second-order valence-electron chi connectivity index (χ2n) is 6.90. The Hall–Kier alpha value is -3.67. The third-order valence-electron chi connectivity index (χ3n) is 4.96. The van der Waals surface area contributed by atoms with E-state index in [1.165, 1.54) is 4.57 Å². The normalized spacial score (nSPS) is 14.1. The van der Waals surface area contributed by atoms with E-state index in [4.69, 9.17) is 4.99 Å². The summed E-state index contributed by atoms with van der Waals surface area (Å²) >= 11 is 0. The maximum Gasteiger partial charge on any atom is 0.331 e. The lowest BCUT2D eigenvalue weighted by atomic mass is 9.96. The van der Waals surface area contributed by atoms with Gasteiger partial charge in [-0.3, -0.25) is 14.3 Å². The smallest absolute Gasteiger partial charge is 0.331 e. The summed E-state index contributed by atoms with van der Waals surface area (Å²) in [6.45, 7) is 2.33. The van der Waals surface area contributed by atoms with Gasteiger partial charge in [0, 0.05) is 23.2 Å². The van der Waals surface area contributed by atoms with E-state index in [9.17, 15) is 14.7 Å². The molecule has 0 aliphatic carbocycles. The van der Waals surface area contributed by atoms with Crippen molar-refractivity contribution < 1.29 is 5.11 Å². The molecule has 6 nitrogen and oxygen atoms in total. The van der Waals surface area contributed by atoms with Crippen molar-refractivity contribution in [1.29, 1.82) is 0 Å². The van der Waals surface area contributed by atoms with Gasteiger partial charge < -0.3 is 5.11 Å². The molecule has 1 aliphatic rings. The number of allylic oxidation sites excluding steroid dienone is 1. The van der Waals surface area contributed by atoms with Crippen LogP contribution in [-0.2, 0) is 6.54 Å². The van der Waals surface area contributed by atoms with Gasteiger partial charge in [-0.2, -0.15) is 0 Å². The molecule has 2 N–H and O–H groups in total. The molecule has 1 aromatic heterocycles. The average molecular weight is 387 g/mol. The van der Waals surface area contributed by atoms with Crippen LogP contribution in [0.1, 0.15) is 36.5 Å². The van der Waals surface area contributed by atoms with E-state index in [1.54, 1.807) is 6.08 Å². The number of aromatic nitrogens is 2. The van der Waals surface area contributed by atoms with Crippen molar-refractivity contribution in [3.8, 4) is 5.88 Å². The fourth-order valence-electron chi connectivity index (χ4n) is 3.44. The fraction of sp³-hybridized carbons (Fsp3) is 0.174. The highest BCUT2D eigenvalue weighted by molar-refractivity contribution is 6.39. The van der Waals surface area contributed by atoms with Gasteiger partial charge in [0.1, 0.15) is 5.56 Å². The Morgan fingerprint density at radius 2 is 1.79 bits per heavy atom. The van der Waals surface area contributed by atoms with E-state index in [2.05, 4.69) is 4.98 Å². The van der Waals surface area contributed by atoms with Crippen LogP contribution >= 0.6 is 0 Å². The Kier molecular flexibility index (Phi) is 4.99. The number of hydrogen-bond donors (Lipinski definition) is 2. The van der Waals surface area contributed by atoms with Gasteiger partial charge in [0.05, 0.1) is 11.4 Å². The van der Waals surface area contributed by atoms with Crippen LogP contribution in [0, 0.1) is 0 Å². The summed E-state index contributed by atoms with van der Waals surface area (Å²) in [6, 6.07) is 17.3. The number of benzene rings is 2. The molecule has 0 saturated heterocycles. The van der Waals surface area contributed by atoms with Gasteiger partial charge in [-0.05, 0) is 18.6 Å². The van der Waals surface area contributed by atoms with Crippen LogP contribution in [0.2, 0.25) is 0 Å². The maximum atomic E-state index is 12.5. The SMILES string of the molecule is CCCCn1c(O)c(/C=C2\C(c3ccccc3)=Nc3ccccc32)c(=O)[nH]c1=O. The van der Waals surface area contributed by atoms with Crippen LogP contribution < -0.4 is 11.2 Å². The Morgan fingerprint density at radius 1 is 1.07 bits per heavy atom. The van der Waals surface area contributed by atoms with Crippen molar-refractivity contribution >= 4 is 23.0 Å². The number of fused-ring (bicyclic) bond motifs is 1. The average Bonchev–Trinajstić information content (AvgIpc) is 3.10. The van der Waals surface area contributed by atoms with Gasteiger partial charge in [-0.1, -0.05) is 61.9 Å². The Morgan fingerprint density at radius 3 is 2.55 bits per heavy atom. The highest BCUT2D eigenvalue weighted by Gasteiger charge is 2.23. The molecule has 2 heterocycles. The molecule has 0 radical (unpaired) electrons. The lowest BCUT2D eigenvalue weighted by molar-refractivity contribution is 0.394. The first-order chi connectivity index (χ1) is 14.1. The minimum absolute atomic E-state index is 0.0519. The summed E-state index contributed by atoms with van der Waals surface area (Å²) in [4.78, 5) is 31.7. The van der Waals surface area contributed by atoms with E-state index < -0.39 is 11.2 Å². The third kappa shape index (κ3) is 3.45. The van der Waals surface area contributed by atoms with Crippen molar-refractivity contribution in [3.63, 3.8) is 0 Å². The lowest BCUT2D eigenvalue weighted by Crippen LogP contribution is -2.31. The minimum Gasteiger partial charge on any atom is -0.494 e.